The van der Waals surface area contributed by atoms with E-state index in [-0.39, 0.29) is 5.91 Å². The lowest BCUT2D eigenvalue weighted by atomic mass is 10.1. The van der Waals surface area contributed by atoms with Gasteiger partial charge >= 0.3 is 0 Å². The van der Waals surface area contributed by atoms with Crippen molar-refractivity contribution in [2.75, 3.05) is 38.5 Å². The highest BCUT2D eigenvalue weighted by Crippen LogP contribution is 2.38. The first-order chi connectivity index (χ1) is 13.1. The van der Waals surface area contributed by atoms with Gasteiger partial charge in [0.05, 0.1) is 21.3 Å². The zero-order valence-electron chi connectivity index (χ0n) is 16.4. The molecule has 2 aromatic rings. The summed E-state index contributed by atoms with van der Waals surface area (Å²) >= 11 is 0. The topological polar surface area (TPSA) is 68.8 Å². The van der Waals surface area contributed by atoms with E-state index in [2.05, 4.69) is 17.6 Å². The molecule has 2 rings (SSSR count). The number of ether oxygens (including phenoxy) is 3. The van der Waals surface area contributed by atoms with E-state index < -0.39 is 0 Å². The summed E-state index contributed by atoms with van der Waals surface area (Å²) in [6.45, 7) is 3.14. The van der Waals surface area contributed by atoms with Crippen LogP contribution in [0.25, 0.3) is 0 Å². The molecule has 27 heavy (non-hydrogen) atoms. The Labute approximate surface area is 160 Å². The van der Waals surface area contributed by atoms with Crippen LogP contribution in [-0.2, 0) is 0 Å². The van der Waals surface area contributed by atoms with Gasteiger partial charge in [-0.3, -0.25) is 4.79 Å². The predicted octanol–water partition coefficient (Wildman–Crippen LogP) is 4.57. The number of unbranched alkanes of at least 4 members (excludes halogenated alkanes) is 2. The summed E-state index contributed by atoms with van der Waals surface area (Å²) in [5, 5.41) is 6.26. The van der Waals surface area contributed by atoms with Crippen molar-refractivity contribution in [3.8, 4) is 17.2 Å². The third kappa shape index (κ3) is 5.54. The van der Waals surface area contributed by atoms with Crippen molar-refractivity contribution in [1.29, 1.82) is 0 Å². The van der Waals surface area contributed by atoms with E-state index in [4.69, 9.17) is 14.2 Å². The highest BCUT2D eigenvalue weighted by Gasteiger charge is 2.17. The summed E-state index contributed by atoms with van der Waals surface area (Å²) in [5.41, 5.74) is 2.18. The average molecular weight is 372 g/mol. The molecule has 0 atom stereocenters. The number of hydrogen-bond donors (Lipinski definition) is 2. The van der Waals surface area contributed by atoms with Crippen molar-refractivity contribution < 1.29 is 19.0 Å². The van der Waals surface area contributed by atoms with E-state index >= 15 is 0 Å². The van der Waals surface area contributed by atoms with Gasteiger partial charge < -0.3 is 24.8 Å². The van der Waals surface area contributed by atoms with Crippen LogP contribution in [0.2, 0.25) is 0 Å². The predicted molar refractivity (Wildman–Crippen MR) is 109 cm³/mol. The second kappa shape index (κ2) is 10.3. The molecule has 0 saturated heterocycles. The van der Waals surface area contributed by atoms with Crippen molar-refractivity contribution in [2.45, 2.75) is 26.2 Å². The smallest absolute Gasteiger partial charge is 0.255 e. The van der Waals surface area contributed by atoms with E-state index in [1.54, 1.807) is 12.1 Å². The number of carbonyl (C=O) groups excluding carboxylic acids is 1. The van der Waals surface area contributed by atoms with Crippen LogP contribution in [0, 0.1) is 0 Å². The maximum atomic E-state index is 12.6. The number of nitrogens with one attached hydrogen (secondary N) is 2. The van der Waals surface area contributed by atoms with Gasteiger partial charge in [0.15, 0.2) is 11.5 Å². The molecular weight excluding hydrogens is 344 g/mol. The van der Waals surface area contributed by atoms with E-state index in [0.717, 1.165) is 18.7 Å². The van der Waals surface area contributed by atoms with Crippen LogP contribution < -0.4 is 24.8 Å². The minimum Gasteiger partial charge on any atom is -0.493 e. The fourth-order valence-electron chi connectivity index (χ4n) is 2.69. The van der Waals surface area contributed by atoms with E-state index in [0.29, 0.717) is 28.5 Å². The number of carbonyl (C=O) groups is 1. The Morgan fingerprint density at radius 1 is 0.889 bits per heavy atom. The molecule has 0 bridgehead atoms. The van der Waals surface area contributed by atoms with Gasteiger partial charge in [0, 0.05) is 23.5 Å². The molecule has 1 amide bonds. The SMILES string of the molecule is CCCCCNc1ccc(NC(=O)c2cc(OC)c(OC)c(OC)c2)cc1. The number of anilines is 2. The molecule has 0 fully saturated rings. The fourth-order valence-corrected chi connectivity index (χ4v) is 2.69. The number of amides is 1. The highest BCUT2D eigenvalue weighted by atomic mass is 16.5. The summed E-state index contributed by atoms with van der Waals surface area (Å²) in [6, 6.07) is 10.9. The lowest BCUT2D eigenvalue weighted by molar-refractivity contribution is 0.102. The Hall–Kier alpha value is -2.89. The average Bonchev–Trinajstić information content (AvgIpc) is 2.71. The second-order valence-corrected chi connectivity index (χ2v) is 6.08. The van der Waals surface area contributed by atoms with Gasteiger partial charge in [0.2, 0.25) is 5.75 Å². The van der Waals surface area contributed by atoms with E-state index in [9.17, 15) is 4.79 Å². The van der Waals surface area contributed by atoms with Gasteiger partial charge in [0.1, 0.15) is 0 Å². The van der Waals surface area contributed by atoms with Crippen molar-refractivity contribution in [2.24, 2.45) is 0 Å². The summed E-state index contributed by atoms with van der Waals surface area (Å²) < 4.78 is 15.9. The van der Waals surface area contributed by atoms with Crippen LogP contribution in [0.15, 0.2) is 36.4 Å². The highest BCUT2D eigenvalue weighted by molar-refractivity contribution is 6.05. The van der Waals surface area contributed by atoms with Crippen molar-refractivity contribution >= 4 is 17.3 Å². The summed E-state index contributed by atoms with van der Waals surface area (Å²) in [7, 11) is 4.56. The fraction of sp³-hybridized carbons (Fsp3) is 0.381. The Morgan fingerprint density at radius 3 is 2.00 bits per heavy atom. The third-order valence-corrected chi connectivity index (χ3v) is 4.18. The molecule has 6 nitrogen and oxygen atoms in total. The summed E-state index contributed by atoms with van der Waals surface area (Å²) in [5.74, 6) is 1.08. The lowest BCUT2D eigenvalue weighted by Gasteiger charge is -2.14. The number of benzene rings is 2. The first-order valence-electron chi connectivity index (χ1n) is 9.08. The minimum atomic E-state index is -0.252. The Kier molecular flexibility index (Phi) is 7.79. The molecule has 0 aliphatic rings. The van der Waals surface area contributed by atoms with Gasteiger partial charge in [-0.05, 0) is 42.8 Å². The van der Waals surface area contributed by atoms with Crippen LogP contribution in [-0.4, -0.2) is 33.8 Å². The quantitative estimate of drug-likeness (QED) is 0.598. The van der Waals surface area contributed by atoms with Crippen molar-refractivity contribution in [3.63, 3.8) is 0 Å². The maximum absolute atomic E-state index is 12.6. The molecular formula is C21H28N2O4. The van der Waals surface area contributed by atoms with Crippen molar-refractivity contribution in [1.82, 2.24) is 0 Å². The molecule has 0 aromatic heterocycles. The molecule has 2 aromatic carbocycles. The van der Waals surface area contributed by atoms with E-state index in [1.165, 1.54) is 34.2 Å². The molecule has 0 heterocycles. The van der Waals surface area contributed by atoms with Crippen LogP contribution in [0.4, 0.5) is 11.4 Å². The number of methoxy groups -OCH3 is 3. The first kappa shape index (κ1) is 20.4. The minimum absolute atomic E-state index is 0.252. The third-order valence-electron chi connectivity index (χ3n) is 4.18. The monoisotopic (exact) mass is 372 g/mol. The van der Waals surface area contributed by atoms with E-state index in [1.807, 2.05) is 24.3 Å². The van der Waals surface area contributed by atoms with Gasteiger partial charge in [-0.2, -0.15) is 0 Å². The molecule has 0 aliphatic heterocycles. The normalized spacial score (nSPS) is 10.2. The van der Waals surface area contributed by atoms with Gasteiger partial charge in [-0.1, -0.05) is 19.8 Å². The summed E-state index contributed by atoms with van der Waals surface area (Å²) in [4.78, 5) is 12.6. The molecule has 2 N–H and O–H groups in total. The molecule has 0 spiro atoms. The van der Waals surface area contributed by atoms with Gasteiger partial charge in [-0.15, -0.1) is 0 Å². The van der Waals surface area contributed by atoms with Crippen LogP contribution in [0.1, 0.15) is 36.5 Å². The molecule has 0 unspecified atom stereocenters. The molecule has 0 radical (unpaired) electrons. The largest absolute Gasteiger partial charge is 0.493 e. The molecule has 146 valence electrons. The van der Waals surface area contributed by atoms with Crippen molar-refractivity contribution in [3.05, 3.63) is 42.0 Å². The molecule has 6 heteroatoms. The second-order valence-electron chi connectivity index (χ2n) is 6.08. The van der Waals surface area contributed by atoms with Gasteiger partial charge in [-0.25, -0.2) is 0 Å². The zero-order valence-corrected chi connectivity index (χ0v) is 16.4. The zero-order chi connectivity index (χ0) is 19.6. The molecule has 0 aliphatic carbocycles. The first-order valence-corrected chi connectivity index (χ1v) is 9.08. The van der Waals surface area contributed by atoms with Gasteiger partial charge in [0.25, 0.3) is 5.91 Å². The van der Waals surface area contributed by atoms with Crippen LogP contribution in [0.5, 0.6) is 17.2 Å². The standard InChI is InChI=1S/C21H28N2O4/c1-5-6-7-12-22-16-8-10-17(11-9-16)23-21(24)15-13-18(25-2)20(27-4)19(14-15)26-3/h8-11,13-14,22H,5-7,12H2,1-4H3,(H,23,24). The lowest BCUT2D eigenvalue weighted by Crippen LogP contribution is -2.12. The Bertz CT molecular complexity index is 719. The number of hydrogen-bond acceptors (Lipinski definition) is 5. The van der Waals surface area contributed by atoms with Crippen LogP contribution in [0.3, 0.4) is 0 Å². The molecule has 0 saturated carbocycles. The maximum Gasteiger partial charge on any atom is 0.255 e. The summed E-state index contributed by atoms with van der Waals surface area (Å²) in [6.07, 6.45) is 3.57. The Balaban J connectivity index is 2.06. The van der Waals surface area contributed by atoms with Crippen LogP contribution >= 0.6 is 0 Å². The Morgan fingerprint density at radius 2 is 1.48 bits per heavy atom. The number of rotatable bonds is 10.